The summed E-state index contributed by atoms with van der Waals surface area (Å²) < 4.78 is 35.2. The van der Waals surface area contributed by atoms with Crippen LogP contribution < -0.4 is 9.47 Å². The van der Waals surface area contributed by atoms with E-state index in [0.29, 0.717) is 36.1 Å². The van der Waals surface area contributed by atoms with Gasteiger partial charge in [0.1, 0.15) is 0 Å². The molecule has 0 radical (unpaired) electrons. The lowest BCUT2D eigenvalue weighted by atomic mass is 10.0. The molecule has 0 unspecified atom stereocenters. The van der Waals surface area contributed by atoms with Crippen molar-refractivity contribution in [3.05, 3.63) is 23.8 Å². The van der Waals surface area contributed by atoms with Gasteiger partial charge in [-0.15, -0.1) is 0 Å². The van der Waals surface area contributed by atoms with E-state index in [2.05, 4.69) is 18.7 Å². The van der Waals surface area contributed by atoms with Crippen molar-refractivity contribution in [1.82, 2.24) is 9.80 Å². The lowest BCUT2D eigenvalue weighted by molar-refractivity contribution is 0.0297. The normalized spacial score (nSPS) is 27.0. The monoisotopic (exact) mass is 380 g/mol. The molecule has 2 atom stereocenters. The van der Waals surface area contributed by atoms with Crippen LogP contribution in [-0.2, 0) is 9.84 Å². The zero-order valence-corrected chi connectivity index (χ0v) is 15.9. The van der Waals surface area contributed by atoms with Crippen LogP contribution in [-0.4, -0.2) is 74.1 Å². The third kappa shape index (κ3) is 3.16. The first-order chi connectivity index (χ1) is 12.3. The first-order valence-electron chi connectivity index (χ1n) is 8.99. The van der Waals surface area contributed by atoms with Crippen molar-refractivity contribution in [2.75, 3.05) is 37.9 Å². The molecule has 7 nitrogen and oxygen atoms in total. The zero-order valence-electron chi connectivity index (χ0n) is 15.1. The number of carbonyl (C=O) groups excluding carboxylic acids is 1. The van der Waals surface area contributed by atoms with Gasteiger partial charge in [0.2, 0.25) is 6.79 Å². The van der Waals surface area contributed by atoms with Crippen LogP contribution in [0, 0.1) is 5.92 Å². The minimum absolute atomic E-state index is 0.0442. The number of rotatable bonds is 3. The standard InChI is InChI=1S/C18H24N2O5S/c1-12(2)8-19-5-6-20(15-10-26(22,23)9-14(15)19)18(21)13-3-4-16-17(7-13)25-11-24-16/h3-4,7,12,14-15H,5-6,8-11H2,1-2H3/t14-,15+/m0/s1. The number of piperazine rings is 1. The van der Waals surface area contributed by atoms with Gasteiger partial charge in [-0.05, 0) is 24.1 Å². The van der Waals surface area contributed by atoms with Crippen molar-refractivity contribution < 1.29 is 22.7 Å². The number of nitrogens with zero attached hydrogens (tertiary/aromatic N) is 2. The summed E-state index contributed by atoms with van der Waals surface area (Å²) in [7, 11) is -3.14. The van der Waals surface area contributed by atoms with Gasteiger partial charge in [0.25, 0.3) is 5.91 Å². The van der Waals surface area contributed by atoms with Crippen LogP contribution in [0.1, 0.15) is 24.2 Å². The van der Waals surface area contributed by atoms with E-state index in [4.69, 9.17) is 9.47 Å². The summed E-state index contributed by atoms with van der Waals surface area (Å²) in [4.78, 5) is 17.1. The summed E-state index contributed by atoms with van der Waals surface area (Å²) in [6, 6.07) is 4.73. The second-order valence-electron chi connectivity index (χ2n) is 7.67. The Morgan fingerprint density at radius 3 is 2.65 bits per heavy atom. The first kappa shape index (κ1) is 17.6. The highest BCUT2D eigenvalue weighted by Crippen LogP contribution is 2.34. The van der Waals surface area contributed by atoms with Gasteiger partial charge in [0.15, 0.2) is 21.3 Å². The highest BCUT2D eigenvalue weighted by Gasteiger charge is 2.48. The number of fused-ring (bicyclic) bond motifs is 2. The van der Waals surface area contributed by atoms with E-state index in [1.165, 1.54) is 0 Å². The molecule has 2 fully saturated rings. The van der Waals surface area contributed by atoms with Crippen molar-refractivity contribution in [1.29, 1.82) is 0 Å². The van der Waals surface area contributed by atoms with E-state index in [-0.39, 0.29) is 36.3 Å². The van der Waals surface area contributed by atoms with Gasteiger partial charge in [-0.3, -0.25) is 9.69 Å². The molecule has 0 bridgehead atoms. The number of carbonyl (C=O) groups is 1. The number of ether oxygens (including phenoxy) is 2. The van der Waals surface area contributed by atoms with Gasteiger partial charge in [-0.25, -0.2) is 8.42 Å². The molecule has 2 saturated heterocycles. The summed E-state index contributed by atoms with van der Waals surface area (Å²) in [6.07, 6.45) is 0. The molecule has 142 valence electrons. The smallest absolute Gasteiger partial charge is 0.254 e. The van der Waals surface area contributed by atoms with Gasteiger partial charge in [-0.1, -0.05) is 13.8 Å². The molecular weight excluding hydrogens is 356 g/mol. The lowest BCUT2D eigenvalue weighted by Gasteiger charge is -2.44. The van der Waals surface area contributed by atoms with Gasteiger partial charge < -0.3 is 14.4 Å². The molecule has 0 N–H and O–H groups in total. The maximum Gasteiger partial charge on any atom is 0.254 e. The molecule has 1 amide bonds. The van der Waals surface area contributed by atoms with Crippen molar-refractivity contribution in [3.8, 4) is 11.5 Å². The summed E-state index contributed by atoms with van der Waals surface area (Å²) in [6.45, 7) is 6.50. The number of hydrogen-bond acceptors (Lipinski definition) is 6. The molecule has 4 rings (SSSR count). The number of benzene rings is 1. The summed E-state index contributed by atoms with van der Waals surface area (Å²) in [5.74, 6) is 1.68. The summed E-state index contributed by atoms with van der Waals surface area (Å²) >= 11 is 0. The SMILES string of the molecule is CC(C)CN1CCN(C(=O)c2ccc3c(c2)OCO3)[C@@H]2CS(=O)(=O)C[C@@H]21. The van der Waals surface area contributed by atoms with Crippen molar-refractivity contribution >= 4 is 15.7 Å². The molecule has 1 aromatic carbocycles. The zero-order chi connectivity index (χ0) is 18.5. The molecule has 3 heterocycles. The minimum Gasteiger partial charge on any atom is -0.454 e. The fourth-order valence-corrected chi connectivity index (χ4v) is 6.18. The Balaban J connectivity index is 1.59. The Bertz CT molecular complexity index is 823. The van der Waals surface area contributed by atoms with Gasteiger partial charge in [0, 0.05) is 31.2 Å². The Hall–Kier alpha value is -1.80. The molecular formula is C18H24N2O5S. The molecule has 3 aliphatic heterocycles. The molecule has 0 aliphatic carbocycles. The second-order valence-corrected chi connectivity index (χ2v) is 9.82. The van der Waals surface area contributed by atoms with Gasteiger partial charge >= 0.3 is 0 Å². The Kier molecular flexibility index (Phi) is 4.35. The van der Waals surface area contributed by atoms with E-state index in [1.54, 1.807) is 23.1 Å². The lowest BCUT2D eigenvalue weighted by Crippen LogP contribution is -2.61. The molecule has 0 aromatic heterocycles. The average molecular weight is 380 g/mol. The topological polar surface area (TPSA) is 76.2 Å². The van der Waals surface area contributed by atoms with E-state index in [0.717, 1.165) is 6.54 Å². The Labute approximate surface area is 153 Å². The van der Waals surface area contributed by atoms with E-state index < -0.39 is 9.84 Å². The summed E-state index contributed by atoms with van der Waals surface area (Å²) in [5.41, 5.74) is 0.509. The van der Waals surface area contributed by atoms with Crippen molar-refractivity contribution in [2.45, 2.75) is 25.9 Å². The molecule has 0 saturated carbocycles. The first-order valence-corrected chi connectivity index (χ1v) is 10.8. The van der Waals surface area contributed by atoms with Crippen molar-refractivity contribution in [3.63, 3.8) is 0 Å². The van der Waals surface area contributed by atoms with Crippen LogP contribution >= 0.6 is 0 Å². The average Bonchev–Trinajstić information content (AvgIpc) is 3.16. The van der Waals surface area contributed by atoms with E-state index in [1.807, 2.05) is 0 Å². The van der Waals surface area contributed by atoms with Crippen LogP contribution in [0.15, 0.2) is 18.2 Å². The minimum atomic E-state index is -3.14. The molecule has 1 aromatic rings. The molecule has 0 spiro atoms. The summed E-state index contributed by atoms with van der Waals surface area (Å²) in [5, 5.41) is 0. The molecule has 8 heteroatoms. The van der Waals surface area contributed by atoms with Gasteiger partial charge in [0.05, 0.1) is 17.5 Å². The molecule has 3 aliphatic rings. The number of amides is 1. The quantitative estimate of drug-likeness (QED) is 0.779. The predicted molar refractivity (Wildman–Crippen MR) is 96.2 cm³/mol. The van der Waals surface area contributed by atoms with Crippen LogP contribution in [0.25, 0.3) is 0 Å². The number of hydrogen-bond donors (Lipinski definition) is 0. The third-order valence-electron chi connectivity index (χ3n) is 5.27. The van der Waals surface area contributed by atoms with Crippen LogP contribution in [0.3, 0.4) is 0 Å². The third-order valence-corrected chi connectivity index (χ3v) is 6.97. The highest BCUT2D eigenvalue weighted by molar-refractivity contribution is 7.91. The maximum absolute atomic E-state index is 13.1. The largest absolute Gasteiger partial charge is 0.454 e. The predicted octanol–water partition coefficient (Wildman–Crippen LogP) is 0.995. The fraction of sp³-hybridized carbons (Fsp3) is 0.611. The van der Waals surface area contributed by atoms with Crippen molar-refractivity contribution in [2.24, 2.45) is 5.92 Å². The van der Waals surface area contributed by atoms with E-state index >= 15 is 0 Å². The Morgan fingerprint density at radius 1 is 1.15 bits per heavy atom. The molecule has 26 heavy (non-hydrogen) atoms. The fourth-order valence-electron chi connectivity index (χ4n) is 4.17. The number of sulfone groups is 1. The maximum atomic E-state index is 13.1. The van der Waals surface area contributed by atoms with Crippen LogP contribution in [0.4, 0.5) is 0 Å². The Morgan fingerprint density at radius 2 is 1.88 bits per heavy atom. The second kappa shape index (κ2) is 6.42. The highest BCUT2D eigenvalue weighted by atomic mass is 32.2. The van der Waals surface area contributed by atoms with Crippen LogP contribution in [0.5, 0.6) is 11.5 Å². The van der Waals surface area contributed by atoms with Crippen LogP contribution in [0.2, 0.25) is 0 Å². The van der Waals surface area contributed by atoms with Gasteiger partial charge in [-0.2, -0.15) is 0 Å². The van der Waals surface area contributed by atoms with E-state index in [9.17, 15) is 13.2 Å².